The molecule has 0 spiro atoms. The van der Waals surface area contributed by atoms with E-state index in [4.69, 9.17) is 16.3 Å². The molecule has 1 atom stereocenters. The fourth-order valence-corrected chi connectivity index (χ4v) is 5.29. The minimum atomic E-state index is -0.662. The molecule has 2 aliphatic rings. The number of pyridine rings is 1. The first-order valence-corrected chi connectivity index (χ1v) is 12.4. The van der Waals surface area contributed by atoms with Gasteiger partial charge in [-0.15, -0.1) is 0 Å². The number of carbonyl (C=O) groups is 2. The first kappa shape index (κ1) is 24.1. The van der Waals surface area contributed by atoms with E-state index in [-0.39, 0.29) is 17.1 Å². The molecule has 1 unspecified atom stereocenters. The quantitative estimate of drug-likeness (QED) is 0.443. The summed E-state index contributed by atoms with van der Waals surface area (Å²) in [5.41, 5.74) is 3.65. The Morgan fingerprint density at radius 1 is 1.14 bits per heavy atom. The molecule has 0 fully saturated rings. The fourth-order valence-electron chi connectivity index (χ4n) is 5.05. The van der Waals surface area contributed by atoms with Gasteiger partial charge in [-0.1, -0.05) is 61.8 Å². The van der Waals surface area contributed by atoms with Crippen molar-refractivity contribution in [2.75, 3.05) is 10.2 Å². The van der Waals surface area contributed by atoms with Crippen molar-refractivity contribution in [3.63, 3.8) is 0 Å². The molecule has 1 aliphatic heterocycles. The largest absolute Gasteiger partial charge is 0.487 e. The zero-order chi connectivity index (χ0) is 25.4. The van der Waals surface area contributed by atoms with E-state index in [1.807, 2.05) is 48.5 Å². The van der Waals surface area contributed by atoms with Gasteiger partial charge in [0.25, 0.3) is 0 Å². The number of aromatic nitrogens is 1. The van der Waals surface area contributed by atoms with Crippen molar-refractivity contribution in [2.45, 2.75) is 46.3 Å². The van der Waals surface area contributed by atoms with Gasteiger partial charge >= 0.3 is 0 Å². The molecule has 1 aliphatic carbocycles. The molecule has 5 rings (SSSR count). The molecule has 7 heteroatoms. The van der Waals surface area contributed by atoms with E-state index in [1.54, 1.807) is 23.2 Å². The number of carbonyl (C=O) groups excluding carboxylic acids is 2. The van der Waals surface area contributed by atoms with Gasteiger partial charge in [0, 0.05) is 30.8 Å². The number of rotatable bonds is 4. The molecule has 0 radical (unpaired) electrons. The van der Waals surface area contributed by atoms with Crippen LogP contribution in [-0.4, -0.2) is 16.7 Å². The molecule has 0 bridgehead atoms. The molecule has 0 saturated heterocycles. The van der Waals surface area contributed by atoms with Gasteiger partial charge in [-0.05, 0) is 47.2 Å². The third kappa shape index (κ3) is 4.61. The maximum atomic E-state index is 13.6. The predicted molar refractivity (Wildman–Crippen MR) is 141 cm³/mol. The lowest BCUT2D eigenvalue weighted by atomic mass is 9.73. The maximum Gasteiger partial charge on any atom is 0.225 e. The van der Waals surface area contributed by atoms with Gasteiger partial charge in [-0.3, -0.25) is 14.5 Å². The van der Waals surface area contributed by atoms with Crippen LogP contribution in [0.25, 0.3) is 0 Å². The third-order valence-electron chi connectivity index (χ3n) is 6.60. The molecule has 36 heavy (non-hydrogen) atoms. The summed E-state index contributed by atoms with van der Waals surface area (Å²) in [5, 5.41) is 3.85. The van der Waals surface area contributed by atoms with Gasteiger partial charge in [-0.2, -0.15) is 0 Å². The standard InChI is InChI=1S/C29H28ClN3O3/c1-18(34)33-27(20-11-12-25(21(30)14-20)36-17-19-8-5-4-6-9-19)26-23(15-29(2,3)16-24(26)35)32-22-10-7-13-31-28(22)33/h4-14,27,32H,15-17H2,1-3H3. The van der Waals surface area contributed by atoms with E-state index in [0.29, 0.717) is 47.3 Å². The van der Waals surface area contributed by atoms with E-state index in [1.165, 1.54) is 6.92 Å². The van der Waals surface area contributed by atoms with Crippen LogP contribution >= 0.6 is 11.6 Å². The Hall–Kier alpha value is -3.64. The number of fused-ring (bicyclic) bond motifs is 1. The highest BCUT2D eigenvalue weighted by atomic mass is 35.5. The minimum Gasteiger partial charge on any atom is -0.487 e. The van der Waals surface area contributed by atoms with E-state index in [9.17, 15) is 9.59 Å². The number of halogens is 1. The van der Waals surface area contributed by atoms with Crippen molar-refractivity contribution in [1.29, 1.82) is 0 Å². The van der Waals surface area contributed by atoms with Crippen LogP contribution in [0.3, 0.4) is 0 Å². The summed E-state index contributed by atoms with van der Waals surface area (Å²) in [6, 6.07) is 18.3. The third-order valence-corrected chi connectivity index (χ3v) is 6.90. The summed E-state index contributed by atoms with van der Waals surface area (Å²) in [4.78, 5) is 32.8. The summed E-state index contributed by atoms with van der Waals surface area (Å²) >= 11 is 6.68. The summed E-state index contributed by atoms with van der Waals surface area (Å²) in [7, 11) is 0. The second-order valence-corrected chi connectivity index (χ2v) is 10.5. The van der Waals surface area contributed by atoms with Crippen molar-refractivity contribution >= 4 is 34.8 Å². The molecule has 184 valence electrons. The number of amides is 1. The van der Waals surface area contributed by atoms with Crippen LogP contribution in [0, 0.1) is 5.41 Å². The van der Waals surface area contributed by atoms with E-state index in [0.717, 1.165) is 16.8 Å². The fraction of sp³-hybridized carbons (Fsp3) is 0.276. The Labute approximate surface area is 215 Å². The molecule has 3 aromatic rings. The van der Waals surface area contributed by atoms with Crippen molar-refractivity contribution in [1.82, 2.24) is 4.98 Å². The van der Waals surface area contributed by atoms with Crippen LogP contribution in [0.1, 0.15) is 50.8 Å². The van der Waals surface area contributed by atoms with E-state index >= 15 is 0 Å². The molecule has 6 nitrogen and oxygen atoms in total. The van der Waals surface area contributed by atoms with Crippen molar-refractivity contribution in [3.8, 4) is 5.75 Å². The molecule has 1 N–H and O–H groups in total. The number of hydrogen-bond acceptors (Lipinski definition) is 5. The Morgan fingerprint density at radius 3 is 2.64 bits per heavy atom. The van der Waals surface area contributed by atoms with Crippen LogP contribution in [0.2, 0.25) is 5.02 Å². The highest BCUT2D eigenvalue weighted by Crippen LogP contribution is 2.48. The summed E-state index contributed by atoms with van der Waals surface area (Å²) in [6.07, 6.45) is 2.72. The second-order valence-electron chi connectivity index (χ2n) is 10.1. The lowest BCUT2D eigenvalue weighted by molar-refractivity contribution is -0.118. The van der Waals surface area contributed by atoms with Crippen LogP contribution in [0.4, 0.5) is 11.5 Å². The SMILES string of the molecule is CC(=O)N1c2ncccc2NC2=C(C(=O)CC(C)(C)C2)C1c1ccc(OCc2ccccc2)c(Cl)c1. The average molecular weight is 502 g/mol. The number of allylic oxidation sites excluding steroid dienone is 1. The number of Topliss-reactive ketones (excluding diaryl/α,β-unsaturated/α-hetero) is 1. The Bertz CT molecular complexity index is 1370. The molecular weight excluding hydrogens is 474 g/mol. The Balaban J connectivity index is 1.60. The number of benzene rings is 2. The van der Waals surface area contributed by atoms with Crippen molar-refractivity contribution in [3.05, 3.63) is 94.3 Å². The minimum absolute atomic E-state index is 0.0123. The first-order valence-electron chi connectivity index (χ1n) is 12.0. The molecule has 2 aromatic carbocycles. The summed E-state index contributed by atoms with van der Waals surface area (Å²) in [6.45, 7) is 6.04. The number of nitrogens with zero attached hydrogens (tertiary/aromatic N) is 2. The van der Waals surface area contributed by atoms with Gasteiger partial charge in [0.05, 0.1) is 16.8 Å². The monoisotopic (exact) mass is 501 g/mol. The summed E-state index contributed by atoms with van der Waals surface area (Å²) in [5.74, 6) is 0.816. The maximum absolute atomic E-state index is 13.6. The van der Waals surface area contributed by atoms with Crippen LogP contribution in [0.15, 0.2) is 78.1 Å². The van der Waals surface area contributed by atoms with Crippen molar-refractivity contribution in [2.24, 2.45) is 5.41 Å². The average Bonchev–Trinajstić information content (AvgIpc) is 2.97. The highest BCUT2D eigenvalue weighted by Gasteiger charge is 2.43. The van der Waals surface area contributed by atoms with Gasteiger partial charge < -0.3 is 10.1 Å². The molecule has 1 aromatic heterocycles. The van der Waals surface area contributed by atoms with E-state index in [2.05, 4.69) is 24.1 Å². The molecule has 2 heterocycles. The van der Waals surface area contributed by atoms with Gasteiger partial charge in [0.1, 0.15) is 12.4 Å². The number of anilines is 2. The Kier molecular flexibility index (Phi) is 6.31. The Morgan fingerprint density at radius 2 is 1.92 bits per heavy atom. The topological polar surface area (TPSA) is 71.5 Å². The van der Waals surface area contributed by atoms with Gasteiger partial charge in [0.2, 0.25) is 5.91 Å². The predicted octanol–water partition coefficient (Wildman–Crippen LogP) is 6.48. The number of hydrogen-bond donors (Lipinski definition) is 1. The van der Waals surface area contributed by atoms with Crippen molar-refractivity contribution < 1.29 is 14.3 Å². The summed E-state index contributed by atoms with van der Waals surface area (Å²) < 4.78 is 5.96. The van der Waals surface area contributed by atoms with E-state index < -0.39 is 6.04 Å². The van der Waals surface area contributed by atoms with Gasteiger partial charge in [0.15, 0.2) is 11.6 Å². The normalized spacial score (nSPS) is 18.6. The molecule has 0 saturated carbocycles. The van der Waals surface area contributed by atoms with Gasteiger partial charge in [-0.25, -0.2) is 4.98 Å². The smallest absolute Gasteiger partial charge is 0.225 e. The number of ketones is 1. The van der Waals surface area contributed by atoms with Crippen LogP contribution in [0.5, 0.6) is 5.75 Å². The van der Waals surface area contributed by atoms with Crippen LogP contribution in [-0.2, 0) is 16.2 Å². The number of nitrogens with one attached hydrogen (secondary N) is 1. The highest BCUT2D eigenvalue weighted by molar-refractivity contribution is 6.32. The zero-order valence-corrected chi connectivity index (χ0v) is 21.3. The first-order chi connectivity index (χ1) is 17.2. The molecule has 1 amide bonds. The molecular formula is C29H28ClN3O3. The number of ether oxygens (including phenoxy) is 1. The lowest BCUT2D eigenvalue weighted by Crippen LogP contribution is -2.38. The second kappa shape index (κ2) is 9.43. The van der Waals surface area contributed by atoms with Crippen LogP contribution < -0.4 is 15.0 Å². The lowest BCUT2D eigenvalue weighted by Gasteiger charge is -2.36. The zero-order valence-electron chi connectivity index (χ0n) is 20.5.